The molecule has 1 aromatic heterocycles. The highest BCUT2D eigenvalue weighted by atomic mass is 15.1. The van der Waals surface area contributed by atoms with E-state index < -0.39 is 0 Å². The first-order valence-electron chi connectivity index (χ1n) is 22.7. The van der Waals surface area contributed by atoms with Crippen LogP contribution in [0, 0.1) is 0 Å². The van der Waals surface area contributed by atoms with Gasteiger partial charge in [0.25, 0.3) is 0 Å². The molecule has 0 fully saturated rings. The molecular formula is C64H42N2. The number of benzene rings is 12. The van der Waals surface area contributed by atoms with E-state index in [9.17, 15) is 0 Å². The van der Waals surface area contributed by atoms with Crippen molar-refractivity contribution in [2.24, 2.45) is 0 Å². The minimum absolute atomic E-state index is 1.09. The summed E-state index contributed by atoms with van der Waals surface area (Å²) >= 11 is 0. The molecule has 0 saturated heterocycles. The first kappa shape index (κ1) is 37.8. The van der Waals surface area contributed by atoms with Crippen molar-refractivity contribution in [1.29, 1.82) is 0 Å². The molecule has 0 aliphatic heterocycles. The molecule has 0 saturated carbocycles. The van der Waals surface area contributed by atoms with Crippen LogP contribution in [0.4, 0.5) is 17.1 Å². The van der Waals surface area contributed by atoms with Gasteiger partial charge < -0.3 is 9.47 Å². The van der Waals surface area contributed by atoms with Crippen molar-refractivity contribution in [3.8, 4) is 39.1 Å². The van der Waals surface area contributed by atoms with E-state index in [1.165, 1.54) is 98.3 Å². The summed E-state index contributed by atoms with van der Waals surface area (Å²) in [5.74, 6) is 0. The number of nitrogens with zero attached hydrogens (tertiary/aromatic N) is 2. The van der Waals surface area contributed by atoms with Gasteiger partial charge in [0.05, 0.1) is 11.0 Å². The normalized spacial score (nSPS) is 11.6. The summed E-state index contributed by atoms with van der Waals surface area (Å²) in [4.78, 5) is 2.41. The van der Waals surface area contributed by atoms with Gasteiger partial charge in [-0.25, -0.2) is 0 Å². The van der Waals surface area contributed by atoms with E-state index in [0.29, 0.717) is 0 Å². The first-order valence-corrected chi connectivity index (χ1v) is 22.7. The lowest BCUT2D eigenvalue weighted by molar-refractivity contribution is 1.18. The van der Waals surface area contributed by atoms with Crippen molar-refractivity contribution >= 4 is 82.0 Å². The van der Waals surface area contributed by atoms with Crippen molar-refractivity contribution in [3.63, 3.8) is 0 Å². The standard InChI is InChI=1S/C64H42N2/c1-2-19-51(20-3-1)66-61-27-11-10-25-60(61)64-62(66)42-48-16-6-9-24-59(48)63(64)50-18-12-21-54(41-50)65(53-37-32-46(33-38-53)57-26-13-17-44-14-4-7-22-55(44)57)52-35-30-43(31-36-52)47-34-39-58-49(40-47)29-28-45-15-5-8-23-56(45)58/h1-42H. The van der Waals surface area contributed by atoms with E-state index in [-0.39, 0.29) is 0 Å². The minimum Gasteiger partial charge on any atom is -0.310 e. The molecule has 1 heterocycles. The number of hydrogen-bond acceptors (Lipinski definition) is 1. The Balaban J connectivity index is 0.979. The summed E-state index contributed by atoms with van der Waals surface area (Å²) in [5, 5.41) is 12.5. The van der Waals surface area contributed by atoms with Crippen molar-refractivity contribution in [1.82, 2.24) is 4.57 Å². The summed E-state index contributed by atoms with van der Waals surface area (Å²) in [5.41, 5.74) is 14.0. The molecule has 12 aromatic carbocycles. The Kier molecular flexibility index (Phi) is 8.89. The number of anilines is 3. The minimum atomic E-state index is 1.09. The summed E-state index contributed by atoms with van der Waals surface area (Å²) < 4.78 is 2.42. The Morgan fingerprint density at radius 3 is 1.62 bits per heavy atom. The molecule has 0 atom stereocenters. The average molecular weight is 839 g/mol. The van der Waals surface area contributed by atoms with Crippen LogP contribution in [-0.2, 0) is 0 Å². The number of hydrogen-bond donors (Lipinski definition) is 0. The van der Waals surface area contributed by atoms with Crippen LogP contribution in [0.5, 0.6) is 0 Å². The maximum Gasteiger partial charge on any atom is 0.0553 e. The van der Waals surface area contributed by atoms with Gasteiger partial charge in [0.1, 0.15) is 0 Å². The van der Waals surface area contributed by atoms with E-state index in [1.807, 2.05) is 0 Å². The Morgan fingerprint density at radius 2 is 0.833 bits per heavy atom. The molecule has 0 aliphatic carbocycles. The van der Waals surface area contributed by atoms with E-state index in [4.69, 9.17) is 0 Å². The maximum atomic E-state index is 2.42. The Labute approximate surface area is 383 Å². The van der Waals surface area contributed by atoms with Gasteiger partial charge >= 0.3 is 0 Å². The SMILES string of the molecule is c1ccc(-n2c3ccccc3c3c(-c4cccc(N(c5ccc(-c6ccc7c(ccc8ccccc87)c6)cc5)c5ccc(-c6cccc7ccccc67)cc5)c4)c4ccccc4cc32)cc1. The van der Waals surface area contributed by atoms with Gasteiger partial charge in [-0.15, -0.1) is 0 Å². The molecule has 66 heavy (non-hydrogen) atoms. The molecule has 0 spiro atoms. The zero-order chi connectivity index (χ0) is 43.6. The molecule has 0 aliphatic rings. The molecule has 0 amide bonds. The molecule has 13 aromatic rings. The summed E-state index contributed by atoms with van der Waals surface area (Å²) in [7, 11) is 0. The van der Waals surface area contributed by atoms with E-state index >= 15 is 0 Å². The van der Waals surface area contributed by atoms with Crippen molar-refractivity contribution in [2.45, 2.75) is 0 Å². The largest absolute Gasteiger partial charge is 0.310 e. The van der Waals surface area contributed by atoms with Gasteiger partial charge in [-0.3, -0.25) is 0 Å². The van der Waals surface area contributed by atoms with Gasteiger partial charge in [0.15, 0.2) is 0 Å². The molecule has 308 valence electrons. The predicted octanol–water partition coefficient (Wildman–Crippen LogP) is 17.9. The Morgan fingerprint density at radius 1 is 0.273 bits per heavy atom. The third-order valence-corrected chi connectivity index (χ3v) is 13.5. The van der Waals surface area contributed by atoms with Crippen LogP contribution in [0.2, 0.25) is 0 Å². The zero-order valence-electron chi connectivity index (χ0n) is 36.1. The Hall–Kier alpha value is -8.72. The fourth-order valence-electron chi connectivity index (χ4n) is 10.5. The third kappa shape index (κ3) is 6.26. The monoisotopic (exact) mass is 838 g/mol. The van der Waals surface area contributed by atoms with Crippen LogP contribution in [-0.4, -0.2) is 4.57 Å². The number of rotatable bonds is 7. The van der Waals surface area contributed by atoms with Crippen LogP contribution in [0.15, 0.2) is 255 Å². The predicted molar refractivity (Wildman–Crippen MR) is 282 cm³/mol. The number of para-hydroxylation sites is 2. The second-order valence-corrected chi connectivity index (χ2v) is 17.3. The highest BCUT2D eigenvalue weighted by Crippen LogP contribution is 2.45. The van der Waals surface area contributed by atoms with Gasteiger partial charge in [0.2, 0.25) is 0 Å². The average Bonchev–Trinajstić information content (AvgIpc) is 3.72. The van der Waals surface area contributed by atoms with E-state index in [0.717, 1.165) is 22.7 Å². The quantitative estimate of drug-likeness (QED) is 0.145. The smallest absolute Gasteiger partial charge is 0.0553 e. The second kappa shape index (κ2) is 15.5. The molecular weight excluding hydrogens is 797 g/mol. The van der Waals surface area contributed by atoms with Crippen LogP contribution < -0.4 is 4.90 Å². The summed E-state index contributed by atoms with van der Waals surface area (Å²) in [6.45, 7) is 0. The molecule has 2 heteroatoms. The van der Waals surface area contributed by atoms with Gasteiger partial charge in [-0.2, -0.15) is 0 Å². The summed E-state index contributed by atoms with van der Waals surface area (Å²) in [6.07, 6.45) is 0. The van der Waals surface area contributed by atoms with Crippen LogP contribution in [0.3, 0.4) is 0 Å². The first-order chi connectivity index (χ1) is 32.7. The number of aromatic nitrogens is 1. The third-order valence-electron chi connectivity index (χ3n) is 13.5. The molecule has 2 nitrogen and oxygen atoms in total. The van der Waals surface area contributed by atoms with Crippen molar-refractivity contribution < 1.29 is 0 Å². The van der Waals surface area contributed by atoms with Crippen LogP contribution in [0.25, 0.3) is 104 Å². The Bertz CT molecular complexity index is 3970. The van der Waals surface area contributed by atoms with Gasteiger partial charge in [-0.05, 0) is 143 Å². The summed E-state index contributed by atoms with van der Waals surface area (Å²) in [6, 6.07) is 93.3. The van der Waals surface area contributed by atoms with Gasteiger partial charge in [0, 0.05) is 33.5 Å². The molecule has 13 rings (SSSR count). The maximum absolute atomic E-state index is 2.42. The van der Waals surface area contributed by atoms with Crippen LogP contribution >= 0.6 is 0 Å². The lowest BCUT2D eigenvalue weighted by atomic mass is 9.92. The molecule has 0 unspecified atom stereocenters. The molecule has 0 bridgehead atoms. The van der Waals surface area contributed by atoms with Crippen LogP contribution in [0.1, 0.15) is 0 Å². The lowest BCUT2D eigenvalue weighted by Gasteiger charge is -2.27. The van der Waals surface area contributed by atoms with E-state index in [2.05, 4.69) is 264 Å². The fraction of sp³-hybridized carbons (Fsp3) is 0. The zero-order valence-corrected chi connectivity index (χ0v) is 36.1. The molecule has 0 radical (unpaired) electrons. The van der Waals surface area contributed by atoms with Crippen molar-refractivity contribution in [3.05, 3.63) is 255 Å². The lowest BCUT2D eigenvalue weighted by Crippen LogP contribution is -2.10. The fourth-order valence-corrected chi connectivity index (χ4v) is 10.5. The van der Waals surface area contributed by atoms with Crippen molar-refractivity contribution in [2.75, 3.05) is 4.90 Å². The van der Waals surface area contributed by atoms with E-state index in [1.54, 1.807) is 0 Å². The van der Waals surface area contributed by atoms with Gasteiger partial charge in [-0.1, -0.05) is 188 Å². The number of fused-ring (bicyclic) bond motifs is 8. The highest BCUT2D eigenvalue weighted by molar-refractivity contribution is 6.23. The topological polar surface area (TPSA) is 8.17 Å². The highest BCUT2D eigenvalue weighted by Gasteiger charge is 2.21. The second-order valence-electron chi connectivity index (χ2n) is 17.3. The molecule has 0 N–H and O–H groups in total.